The lowest BCUT2D eigenvalue weighted by atomic mass is 9.35. The number of rotatable bonds is 2. The van der Waals surface area contributed by atoms with Gasteiger partial charge >= 0.3 is 5.97 Å². The average molecular weight is 506 g/mol. The molecule has 0 amide bonds. The molecule has 200 valence electrons. The zero-order chi connectivity index (χ0) is 27.2. The van der Waals surface area contributed by atoms with E-state index in [2.05, 4.69) is 40.7 Å². The van der Waals surface area contributed by atoms with E-state index in [-0.39, 0.29) is 63.0 Å². The minimum absolute atomic E-state index is 0.0428. The lowest BCUT2D eigenvalue weighted by Gasteiger charge is -2.68. The maximum atomic E-state index is 14.4. The van der Waals surface area contributed by atoms with Gasteiger partial charge in [-0.3, -0.25) is 14.4 Å². The van der Waals surface area contributed by atoms with E-state index in [1.54, 1.807) is 0 Å². The molecule has 0 aromatic rings. The number of carbonyl (C=O) groups is 3. The second-order valence-electron chi connectivity index (χ2n) is 14.3. The van der Waals surface area contributed by atoms with E-state index in [1.165, 1.54) is 0 Å². The molecule has 5 aliphatic rings. The van der Waals surface area contributed by atoms with Gasteiger partial charge < -0.3 is 4.74 Å². The average Bonchev–Trinajstić information content (AvgIpc) is 2.82. The predicted molar refractivity (Wildman–Crippen MR) is 141 cm³/mol. The Morgan fingerprint density at radius 1 is 1.05 bits per heavy atom. The zero-order valence-electron chi connectivity index (χ0n) is 23.7. The van der Waals surface area contributed by atoms with E-state index in [0.29, 0.717) is 6.61 Å². The predicted octanol–water partition coefficient (Wildman–Crippen LogP) is 6.38. The van der Waals surface area contributed by atoms with Crippen LogP contribution >= 0.6 is 0 Å². The fourth-order valence-corrected chi connectivity index (χ4v) is 9.88. The SMILES string of the molecule is CCOC(=O)C12CCC(C)(C)CC1C1C(=O)C=C3C4(C)C=C(C#N)C(=O)C(C)C4CCC3(C)C1(C)CC2. The van der Waals surface area contributed by atoms with Gasteiger partial charge in [-0.25, -0.2) is 0 Å². The van der Waals surface area contributed by atoms with Gasteiger partial charge in [0.15, 0.2) is 11.6 Å². The minimum atomic E-state index is -0.589. The molecule has 3 fully saturated rings. The number of fused-ring (bicyclic) bond motifs is 7. The summed E-state index contributed by atoms with van der Waals surface area (Å²) in [6.07, 6.45) is 9.74. The van der Waals surface area contributed by atoms with Crippen LogP contribution in [-0.2, 0) is 19.1 Å². The van der Waals surface area contributed by atoms with Crippen molar-refractivity contribution < 1.29 is 19.1 Å². The highest BCUT2D eigenvalue weighted by molar-refractivity contribution is 6.02. The summed E-state index contributed by atoms with van der Waals surface area (Å²) in [5, 5.41) is 9.77. The maximum Gasteiger partial charge on any atom is 0.312 e. The highest BCUT2D eigenvalue weighted by Gasteiger charge is 2.70. The van der Waals surface area contributed by atoms with Crippen LogP contribution in [0.3, 0.4) is 0 Å². The van der Waals surface area contributed by atoms with E-state index in [9.17, 15) is 19.6 Å². The molecule has 8 atom stereocenters. The molecular formula is C32H43NO4. The smallest absolute Gasteiger partial charge is 0.312 e. The van der Waals surface area contributed by atoms with Gasteiger partial charge in [0, 0.05) is 17.3 Å². The Morgan fingerprint density at radius 2 is 1.73 bits per heavy atom. The van der Waals surface area contributed by atoms with Crippen LogP contribution in [0, 0.1) is 62.1 Å². The van der Waals surface area contributed by atoms with Crippen molar-refractivity contribution in [3.63, 3.8) is 0 Å². The summed E-state index contributed by atoms with van der Waals surface area (Å²) in [4.78, 5) is 40.8. The van der Waals surface area contributed by atoms with Crippen molar-refractivity contribution in [2.75, 3.05) is 6.61 Å². The van der Waals surface area contributed by atoms with Crippen molar-refractivity contribution >= 4 is 17.5 Å². The van der Waals surface area contributed by atoms with E-state index >= 15 is 0 Å². The number of hydrogen-bond donors (Lipinski definition) is 0. The molecular weight excluding hydrogens is 462 g/mol. The van der Waals surface area contributed by atoms with Crippen LogP contribution in [-0.4, -0.2) is 24.1 Å². The van der Waals surface area contributed by atoms with E-state index in [0.717, 1.165) is 50.5 Å². The molecule has 0 aromatic heterocycles. The first-order valence-corrected chi connectivity index (χ1v) is 14.3. The normalized spacial score (nSPS) is 46.2. The number of nitriles is 1. The second-order valence-corrected chi connectivity index (χ2v) is 14.3. The summed E-state index contributed by atoms with van der Waals surface area (Å²) >= 11 is 0. The van der Waals surface area contributed by atoms with Crippen molar-refractivity contribution in [1.82, 2.24) is 0 Å². The van der Waals surface area contributed by atoms with Gasteiger partial charge in [0.05, 0.1) is 17.6 Å². The summed E-state index contributed by atoms with van der Waals surface area (Å²) in [7, 11) is 0. The fraction of sp³-hybridized carbons (Fsp3) is 0.750. The van der Waals surface area contributed by atoms with E-state index < -0.39 is 10.8 Å². The van der Waals surface area contributed by atoms with E-state index in [1.807, 2.05) is 26.0 Å². The third-order valence-electron chi connectivity index (χ3n) is 12.2. The largest absolute Gasteiger partial charge is 0.466 e. The van der Waals surface area contributed by atoms with Crippen LogP contribution in [0.4, 0.5) is 0 Å². The number of nitrogens with zero attached hydrogens (tertiary/aromatic N) is 1. The van der Waals surface area contributed by atoms with Crippen LogP contribution < -0.4 is 0 Å². The summed E-state index contributed by atoms with van der Waals surface area (Å²) in [5.74, 6) is -0.480. The van der Waals surface area contributed by atoms with Gasteiger partial charge in [-0.1, -0.05) is 53.2 Å². The molecule has 0 saturated heterocycles. The highest BCUT2D eigenvalue weighted by atomic mass is 16.5. The number of carbonyl (C=O) groups excluding carboxylic acids is 3. The Balaban J connectivity index is 1.68. The molecule has 5 heteroatoms. The number of Topliss-reactive ketones (excluding diaryl/α,β-unsaturated/α-hetero) is 1. The third-order valence-corrected chi connectivity index (χ3v) is 12.2. The summed E-state index contributed by atoms with van der Waals surface area (Å²) in [6, 6.07) is 2.15. The topological polar surface area (TPSA) is 84.2 Å². The zero-order valence-corrected chi connectivity index (χ0v) is 23.7. The molecule has 8 unspecified atom stereocenters. The lowest BCUT2D eigenvalue weighted by molar-refractivity contribution is -0.192. The maximum absolute atomic E-state index is 14.4. The molecule has 0 aliphatic heterocycles. The Morgan fingerprint density at radius 3 is 2.38 bits per heavy atom. The molecule has 0 aromatic carbocycles. The third kappa shape index (κ3) is 3.29. The lowest BCUT2D eigenvalue weighted by Crippen LogP contribution is -2.65. The molecule has 3 saturated carbocycles. The van der Waals surface area contributed by atoms with Crippen LogP contribution in [0.25, 0.3) is 0 Å². The molecule has 0 N–H and O–H groups in total. The molecule has 5 nitrogen and oxygen atoms in total. The second kappa shape index (κ2) is 8.14. The molecule has 5 aliphatic carbocycles. The van der Waals surface area contributed by atoms with Crippen LogP contribution in [0.1, 0.15) is 93.4 Å². The highest BCUT2D eigenvalue weighted by Crippen LogP contribution is 2.73. The molecule has 0 heterocycles. The molecule has 0 bridgehead atoms. The van der Waals surface area contributed by atoms with Gasteiger partial charge in [-0.2, -0.15) is 5.26 Å². The summed E-state index contributed by atoms with van der Waals surface area (Å²) in [5.41, 5.74) is -0.249. The fourth-order valence-electron chi connectivity index (χ4n) is 9.88. The van der Waals surface area contributed by atoms with Crippen molar-refractivity contribution in [2.24, 2.45) is 50.7 Å². The molecule has 37 heavy (non-hydrogen) atoms. The van der Waals surface area contributed by atoms with Crippen molar-refractivity contribution in [3.05, 3.63) is 23.3 Å². The number of allylic oxidation sites excluding steroid dienone is 4. The van der Waals surface area contributed by atoms with Crippen molar-refractivity contribution in [3.8, 4) is 6.07 Å². The Hall–Kier alpha value is -2.22. The number of hydrogen-bond acceptors (Lipinski definition) is 5. The Labute approximate surface area is 222 Å². The summed E-state index contributed by atoms with van der Waals surface area (Å²) < 4.78 is 5.69. The van der Waals surface area contributed by atoms with Crippen LogP contribution in [0.5, 0.6) is 0 Å². The van der Waals surface area contributed by atoms with Gasteiger partial charge in [0.2, 0.25) is 0 Å². The Kier molecular flexibility index (Phi) is 5.81. The van der Waals surface area contributed by atoms with Crippen molar-refractivity contribution in [2.45, 2.75) is 93.4 Å². The standard InChI is InChI=1S/C32H43NO4/c1-8-37-27(36)32-13-11-28(3,4)17-22(32)25-23(34)15-24-29(5)16-20(18-33)26(35)19(2)21(29)9-10-30(24,6)31(25,7)12-14-32/h15-16,19,21-22,25H,8-14,17H2,1-7H3. The first-order chi connectivity index (χ1) is 17.2. The summed E-state index contributed by atoms with van der Waals surface area (Å²) in [6.45, 7) is 15.5. The number of ether oxygens (including phenoxy) is 1. The molecule has 0 radical (unpaired) electrons. The van der Waals surface area contributed by atoms with Gasteiger partial charge in [-0.05, 0) is 86.0 Å². The van der Waals surface area contributed by atoms with Gasteiger partial charge in [0.1, 0.15) is 6.07 Å². The molecule has 0 spiro atoms. The van der Waals surface area contributed by atoms with Gasteiger partial charge in [-0.15, -0.1) is 0 Å². The quantitative estimate of drug-likeness (QED) is 0.407. The number of esters is 1. The minimum Gasteiger partial charge on any atom is -0.466 e. The van der Waals surface area contributed by atoms with Crippen LogP contribution in [0.15, 0.2) is 23.3 Å². The van der Waals surface area contributed by atoms with Gasteiger partial charge in [0.25, 0.3) is 0 Å². The van der Waals surface area contributed by atoms with Crippen LogP contribution in [0.2, 0.25) is 0 Å². The van der Waals surface area contributed by atoms with E-state index in [4.69, 9.17) is 4.74 Å². The number of ketones is 2. The van der Waals surface area contributed by atoms with Crippen molar-refractivity contribution in [1.29, 1.82) is 5.26 Å². The Bertz CT molecular complexity index is 1170. The first kappa shape index (κ1) is 26.4. The monoisotopic (exact) mass is 505 g/mol. The first-order valence-electron chi connectivity index (χ1n) is 14.3. The molecule has 5 rings (SSSR count).